The molecule has 4 nitrogen and oxygen atoms in total. The highest BCUT2D eigenvalue weighted by atomic mass is 16.5. The van der Waals surface area contributed by atoms with Crippen LogP contribution in [-0.2, 0) is 0 Å². The number of nitrogens with zero attached hydrogens (tertiary/aromatic N) is 2. The Kier molecular flexibility index (Phi) is 3.78. The first-order chi connectivity index (χ1) is 10.2. The van der Waals surface area contributed by atoms with Crippen molar-refractivity contribution in [3.05, 3.63) is 47.4 Å². The molecule has 2 aromatic rings. The Morgan fingerprint density at radius 3 is 2.86 bits per heavy atom. The Morgan fingerprint density at radius 2 is 2.10 bits per heavy atom. The van der Waals surface area contributed by atoms with Crippen molar-refractivity contribution in [3.63, 3.8) is 0 Å². The normalized spacial score (nSPS) is 20.1. The molecular weight excluding hydrogens is 262 g/mol. The number of benzene rings is 1. The number of hydrogen-bond acceptors (Lipinski definition) is 4. The molecule has 3 rings (SSSR count). The summed E-state index contributed by atoms with van der Waals surface area (Å²) in [5.74, 6) is 3.23. The van der Waals surface area contributed by atoms with Crippen LogP contribution in [0.5, 0.6) is 5.75 Å². The SMILES string of the molecule is CCOc1cccc([C@@H]2C[C@H]2Nc2cc(C)nc(C)n2)c1. The van der Waals surface area contributed by atoms with Crippen LogP contribution in [-0.4, -0.2) is 22.6 Å². The number of aromatic nitrogens is 2. The highest BCUT2D eigenvalue weighted by Crippen LogP contribution is 2.43. The van der Waals surface area contributed by atoms with E-state index in [9.17, 15) is 0 Å². The molecule has 1 aromatic carbocycles. The summed E-state index contributed by atoms with van der Waals surface area (Å²) in [4.78, 5) is 8.75. The summed E-state index contributed by atoms with van der Waals surface area (Å²) in [6.45, 7) is 6.63. The Balaban J connectivity index is 1.67. The van der Waals surface area contributed by atoms with Crippen molar-refractivity contribution in [1.29, 1.82) is 0 Å². The Morgan fingerprint density at radius 1 is 1.24 bits per heavy atom. The molecule has 1 aliphatic carbocycles. The van der Waals surface area contributed by atoms with Crippen molar-refractivity contribution in [2.75, 3.05) is 11.9 Å². The number of aryl methyl sites for hydroxylation is 2. The summed E-state index contributed by atoms with van der Waals surface area (Å²) in [7, 11) is 0. The summed E-state index contributed by atoms with van der Waals surface area (Å²) in [5.41, 5.74) is 2.33. The number of anilines is 1. The summed E-state index contributed by atoms with van der Waals surface area (Å²) >= 11 is 0. The van der Waals surface area contributed by atoms with E-state index in [1.807, 2.05) is 32.9 Å². The van der Waals surface area contributed by atoms with Crippen LogP contribution in [0, 0.1) is 13.8 Å². The lowest BCUT2D eigenvalue weighted by molar-refractivity contribution is 0.340. The topological polar surface area (TPSA) is 47.0 Å². The van der Waals surface area contributed by atoms with Crippen LogP contribution in [0.2, 0.25) is 0 Å². The van der Waals surface area contributed by atoms with E-state index in [0.29, 0.717) is 18.6 Å². The quantitative estimate of drug-likeness (QED) is 0.913. The van der Waals surface area contributed by atoms with Gasteiger partial charge in [-0.3, -0.25) is 0 Å². The van der Waals surface area contributed by atoms with Gasteiger partial charge in [0.05, 0.1) is 6.61 Å². The Hall–Kier alpha value is -2.10. The zero-order valence-corrected chi connectivity index (χ0v) is 12.8. The average molecular weight is 283 g/mol. The second kappa shape index (κ2) is 5.72. The van der Waals surface area contributed by atoms with Crippen LogP contribution in [0.15, 0.2) is 30.3 Å². The highest BCUT2D eigenvalue weighted by Gasteiger charge is 2.38. The van der Waals surface area contributed by atoms with E-state index < -0.39 is 0 Å². The van der Waals surface area contributed by atoms with Crippen molar-refractivity contribution >= 4 is 5.82 Å². The Bertz CT molecular complexity index is 621. The van der Waals surface area contributed by atoms with E-state index in [2.05, 4.69) is 33.5 Å². The molecule has 0 spiro atoms. The van der Waals surface area contributed by atoms with Gasteiger partial charge in [0.15, 0.2) is 0 Å². The molecule has 1 aromatic heterocycles. The van der Waals surface area contributed by atoms with Crippen molar-refractivity contribution in [2.45, 2.75) is 39.2 Å². The lowest BCUT2D eigenvalue weighted by Crippen LogP contribution is -2.07. The van der Waals surface area contributed by atoms with Crippen LogP contribution in [0.1, 0.15) is 36.3 Å². The second-order valence-electron chi connectivity index (χ2n) is 5.54. The third-order valence-corrected chi connectivity index (χ3v) is 3.69. The summed E-state index contributed by atoms with van der Waals surface area (Å²) < 4.78 is 5.57. The van der Waals surface area contributed by atoms with Crippen LogP contribution < -0.4 is 10.1 Å². The van der Waals surface area contributed by atoms with Gasteiger partial charge in [0.1, 0.15) is 17.4 Å². The van der Waals surface area contributed by atoms with Gasteiger partial charge in [-0.05, 0) is 44.9 Å². The van der Waals surface area contributed by atoms with Crippen LogP contribution in [0.4, 0.5) is 5.82 Å². The maximum absolute atomic E-state index is 5.57. The fraction of sp³-hybridized carbons (Fsp3) is 0.412. The van der Waals surface area contributed by atoms with Gasteiger partial charge in [-0.2, -0.15) is 0 Å². The van der Waals surface area contributed by atoms with Crippen molar-refractivity contribution in [3.8, 4) is 5.75 Å². The van der Waals surface area contributed by atoms with E-state index >= 15 is 0 Å². The van der Waals surface area contributed by atoms with Crippen molar-refractivity contribution in [2.24, 2.45) is 0 Å². The minimum absolute atomic E-state index is 0.454. The first-order valence-corrected chi connectivity index (χ1v) is 7.47. The zero-order valence-electron chi connectivity index (χ0n) is 12.8. The fourth-order valence-electron chi connectivity index (χ4n) is 2.71. The molecule has 0 saturated heterocycles. The third-order valence-electron chi connectivity index (χ3n) is 3.69. The first-order valence-electron chi connectivity index (χ1n) is 7.47. The lowest BCUT2D eigenvalue weighted by atomic mass is 10.1. The van der Waals surface area contributed by atoms with E-state index in [1.165, 1.54) is 5.56 Å². The van der Waals surface area contributed by atoms with E-state index in [1.54, 1.807) is 0 Å². The maximum Gasteiger partial charge on any atom is 0.130 e. The maximum atomic E-state index is 5.57. The molecule has 1 N–H and O–H groups in total. The van der Waals surface area contributed by atoms with Crippen LogP contribution >= 0.6 is 0 Å². The van der Waals surface area contributed by atoms with E-state index in [0.717, 1.165) is 29.5 Å². The summed E-state index contributed by atoms with van der Waals surface area (Å²) in [6.07, 6.45) is 1.14. The summed E-state index contributed by atoms with van der Waals surface area (Å²) in [6, 6.07) is 10.8. The minimum Gasteiger partial charge on any atom is -0.494 e. The lowest BCUT2D eigenvalue weighted by Gasteiger charge is -2.08. The molecule has 1 fully saturated rings. The fourth-order valence-corrected chi connectivity index (χ4v) is 2.71. The summed E-state index contributed by atoms with van der Waals surface area (Å²) in [5, 5.41) is 3.51. The molecule has 0 unspecified atom stereocenters. The standard InChI is InChI=1S/C17H21N3O/c1-4-21-14-7-5-6-13(9-14)15-10-16(15)20-17-8-11(2)18-12(3)19-17/h5-9,15-16H,4,10H2,1-3H3,(H,18,19,20)/t15-,16+/m0/s1. The molecule has 1 heterocycles. The predicted molar refractivity (Wildman–Crippen MR) is 83.9 cm³/mol. The minimum atomic E-state index is 0.454. The molecule has 4 heteroatoms. The zero-order chi connectivity index (χ0) is 14.8. The number of nitrogens with one attached hydrogen (secondary N) is 1. The number of ether oxygens (including phenoxy) is 1. The monoisotopic (exact) mass is 283 g/mol. The third kappa shape index (κ3) is 3.32. The van der Waals surface area contributed by atoms with Gasteiger partial charge in [0.2, 0.25) is 0 Å². The molecule has 1 aliphatic rings. The molecule has 0 bridgehead atoms. The highest BCUT2D eigenvalue weighted by molar-refractivity contribution is 5.43. The molecule has 110 valence electrons. The van der Waals surface area contributed by atoms with Crippen LogP contribution in [0.25, 0.3) is 0 Å². The van der Waals surface area contributed by atoms with E-state index in [4.69, 9.17) is 4.74 Å². The Labute approximate surface area is 125 Å². The molecule has 1 saturated carbocycles. The van der Waals surface area contributed by atoms with Gasteiger partial charge < -0.3 is 10.1 Å². The molecule has 0 aliphatic heterocycles. The van der Waals surface area contributed by atoms with Gasteiger partial charge in [-0.25, -0.2) is 9.97 Å². The smallest absolute Gasteiger partial charge is 0.130 e. The molecule has 2 atom stereocenters. The van der Waals surface area contributed by atoms with Crippen molar-refractivity contribution in [1.82, 2.24) is 9.97 Å². The molecule has 21 heavy (non-hydrogen) atoms. The van der Waals surface area contributed by atoms with E-state index in [-0.39, 0.29) is 0 Å². The largest absolute Gasteiger partial charge is 0.494 e. The number of rotatable bonds is 5. The van der Waals surface area contributed by atoms with Gasteiger partial charge in [0.25, 0.3) is 0 Å². The number of hydrogen-bond donors (Lipinski definition) is 1. The first kappa shape index (κ1) is 13.9. The molecular formula is C17H21N3O. The van der Waals surface area contributed by atoms with Gasteiger partial charge in [-0.1, -0.05) is 12.1 Å². The van der Waals surface area contributed by atoms with Gasteiger partial charge >= 0.3 is 0 Å². The van der Waals surface area contributed by atoms with Crippen molar-refractivity contribution < 1.29 is 4.74 Å². The van der Waals surface area contributed by atoms with Gasteiger partial charge in [0, 0.05) is 23.7 Å². The average Bonchev–Trinajstić information content (AvgIpc) is 3.17. The predicted octanol–water partition coefficient (Wildman–Crippen LogP) is 3.46. The molecule has 0 amide bonds. The van der Waals surface area contributed by atoms with Crippen LogP contribution in [0.3, 0.4) is 0 Å². The van der Waals surface area contributed by atoms with Gasteiger partial charge in [-0.15, -0.1) is 0 Å². The second-order valence-corrected chi connectivity index (χ2v) is 5.54. The molecule has 0 radical (unpaired) electrons.